The van der Waals surface area contributed by atoms with Crippen LogP contribution in [0, 0.1) is 5.41 Å². The third-order valence-corrected chi connectivity index (χ3v) is 3.07. The molecule has 1 aromatic rings. The SMILES string of the molecule is CC(C)(CCCOc1cc(Cl)cc(Cl)c1)C(=O)O. The number of benzene rings is 1. The Bertz CT molecular complexity index is 410. The Balaban J connectivity index is 2.40. The van der Waals surface area contributed by atoms with E-state index in [1.807, 2.05) is 0 Å². The molecular weight excluding hydrogens is 275 g/mol. The third-order valence-electron chi connectivity index (χ3n) is 2.63. The molecule has 0 aromatic heterocycles. The van der Waals surface area contributed by atoms with Crippen LogP contribution in [0.2, 0.25) is 10.0 Å². The topological polar surface area (TPSA) is 46.5 Å². The zero-order valence-electron chi connectivity index (χ0n) is 10.4. The highest BCUT2D eigenvalue weighted by atomic mass is 35.5. The highest BCUT2D eigenvalue weighted by Crippen LogP contribution is 2.25. The van der Waals surface area contributed by atoms with Gasteiger partial charge in [0, 0.05) is 10.0 Å². The van der Waals surface area contributed by atoms with E-state index in [-0.39, 0.29) is 0 Å². The molecule has 1 N–H and O–H groups in total. The number of aliphatic carboxylic acids is 1. The highest BCUT2D eigenvalue weighted by molar-refractivity contribution is 6.34. The first-order chi connectivity index (χ1) is 8.31. The molecule has 0 heterocycles. The number of carboxylic acid groups (broad SMARTS) is 1. The van der Waals surface area contributed by atoms with Crippen molar-refractivity contribution < 1.29 is 14.6 Å². The molecule has 0 bridgehead atoms. The van der Waals surface area contributed by atoms with E-state index in [0.717, 1.165) is 0 Å². The molecule has 0 unspecified atom stereocenters. The molecule has 0 radical (unpaired) electrons. The lowest BCUT2D eigenvalue weighted by Gasteiger charge is -2.18. The van der Waals surface area contributed by atoms with E-state index in [9.17, 15) is 4.79 Å². The molecule has 3 nitrogen and oxygen atoms in total. The Morgan fingerprint density at radius 1 is 1.28 bits per heavy atom. The molecular formula is C13H16Cl2O3. The van der Waals surface area contributed by atoms with Gasteiger partial charge in [-0.2, -0.15) is 0 Å². The number of carbonyl (C=O) groups is 1. The van der Waals surface area contributed by atoms with E-state index in [1.54, 1.807) is 32.0 Å². The second-order valence-corrected chi connectivity index (χ2v) is 5.62. The first kappa shape index (κ1) is 15.1. The van der Waals surface area contributed by atoms with Gasteiger partial charge in [0.05, 0.1) is 12.0 Å². The molecule has 1 aromatic carbocycles. The lowest BCUT2D eigenvalue weighted by Crippen LogP contribution is -2.24. The normalized spacial score (nSPS) is 11.3. The van der Waals surface area contributed by atoms with Crippen LogP contribution < -0.4 is 4.74 Å². The second-order valence-electron chi connectivity index (χ2n) is 4.75. The van der Waals surface area contributed by atoms with Crippen LogP contribution in [0.1, 0.15) is 26.7 Å². The quantitative estimate of drug-likeness (QED) is 0.796. The molecule has 0 aliphatic heterocycles. The van der Waals surface area contributed by atoms with Crippen molar-refractivity contribution in [3.63, 3.8) is 0 Å². The Hall–Kier alpha value is -0.930. The molecule has 0 fully saturated rings. The number of ether oxygens (including phenoxy) is 1. The minimum Gasteiger partial charge on any atom is -0.493 e. The Morgan fingerprint density at radius 3 is 2.33 bits per heavy atom. The fraction of sp³-hybridized carbons (Fsp3) is 0.462. The van der Waals surface area contributed by atoms with Crippen molar-refractivity contribution in [2.45, 2.75) is 26.7 Å². The van der Waals surface area contributed by atoms with E-state index in [1.165, 1.54) is 0 Å². The van der Waals surface area contributed by atoms with Gasteiger partial charge in [-0.05, 0) is 44.9 Å². The van der Waals surface area contributed by atoms with Gasteiger partial charge >= 0.3 is 5.97 Å². The summed E-state index contributed by atoms with van der Waals surface area (Å²) < 4.78 is 5.48. The smallest absolute Gasteiger partial charge is 0.309 e. The van der Waals surface area contributed by atoms with Crippen molar-refractivity contribution in [3.8, 4) is 5.75 Å². The van der Waals surface area contributed by atoms with E-state index in [2.05, 4.69) is 0 Å². The zero-order chi connectivity index (χ0) is 13.8. The van der Waals surface area contributed by atoms with Gasteiger partial charge in [-0.25, -0.2) is 0 Å². The fourth-order valence-electron chi connectivity index (χ4n) is 1.42. The first-order valence-electron chi connectivity index (χ1n) is 5.63. The zero-order valence-corrected chi connectivity index (χ0v) is 11.9. The lowest BCUT2D eigenvalue weighted by atomic mass is 9.88. The number of carboxylic acids is 1. The first-order valence-corrected chi connectivity index (χ1v) is 6.39. The molecule has 0 amide bonds. The lowest BCUT2D eigenvalue weighted by molar-refractivity contribution is -0.147. The number of rotatable bonds is 6. The van der Waals surface area contributed by atoms with Gasteiger partial charge in [0.15, 0.2) is 0 Å². The summed E-state index contributed by atoms with van der Waals surface area (Å²) in [7, 11) is 0. The van der Waals surface area contributed by atoms with Crippen LogP contribution in [0.15, 0.2) is 18.2 Å². The molecule has 0 saturated heterocycles. The molecule has 0 aliphatic rings. The number of hydrogen-bond acceptors (Lipinski definition) is 2. The molecule has 1 rings (SSSR count). The summed E-state index contributed by atoms with van der Waals surface area (Å²) in [6, 6.07) is 4.98. The molecule has 18 heavy (non-hydrogen) atoms. The minimum atomic E-state index is -0.798. The van der Waals surface area contributed by atoms with Crippen LogP contribution in [0.5, 0.6) is 5.75 Å². The summed E-state index contributed by atoms with van der Waals surface area (Å²) >= 11 is 11.7. The molecule has 0 aliphatic carbocycles. The van der Waals surface area contributed by atoms with Crippen LogP contribution in [0.3, 0.4) is 0 Å². The Labute approximate surface area is 117 Å². The molecule has 0 spiro atoms. The highest BCUT2D eigenvalue weighted by Gasteiger charge is 2.26. The maximum atomic E-state index is 10.9. The van der Waals surface area contributed by atoms with Crippen LogP contribution in [-0.4, -0.2) is 17.7 Å². The van der Waals surface area contributed by atoms with Crippen molar-refractivity contribution in [3.05, 3.63) is 28.2 Å². The van der Waals surface area contributed by atoms with Crippen LogP contribution >= 0.6 is 23.2 Å². The van der Waals surface area contributed by atoms with Crippen LogP contribution in [0.4, 0.5) is 0 Å². The minimum absolute atomic E-state index is 0.438. The largest absolute Gasteiger partial charge is 0.493 e. The van der Waals surface area contributed by atoms with Crippen molar-refractivity contribution in [1.82, 2.24) is 0 Å². The average molecular weight is 291 g/mol. The maximum absolute atomic E-state index is 10.9. The average Bonchev–Trinajstić information content (AvgIpc) is 2.23. The maximum Gasteiger partial charge on any atom is 0.309 e. The van der Waals surface area contributed by atoms with Crippen molar-refractivity contribution in [2.75, 3.05) is 6.61 Å². The van der Waals surface area contributed by atoms with Gasteiger partial charge in [-0.15, -0.1) is 0 Å². The standard InChI is InChI=1S/C13H16Cl2O3/c1-13(2,12(16)17)4-3-5-18-11-7-9(14)6-10(15)8-11/h6-8H,3-5H2,1-2H3,(H,16,17). The van der Waals surface area contributed by atoms with E-state index in [4.69, 9.17) is 33.0 Å². The van der Waals surface area contributed by atoms with Crippen LogP contribution in [0.25, 0.3) is 0 Å². The van der Waals surface area contributed by atoms with E-state index >= 15 is 0 Å². The Kier molecular flexibility index (Phi) is 5.29. The van der Waals surface area contributed by atoms with Gasteiger partial charge in [0.2, 0.25) is 0 Å². The molecule has 100 valence electrons. The van der Waals surface area contributed by atoms with Gasteiger partial charge < -0.3 is 9.84 Å². The van der Waals surface area contributed by atoms with Crippen molar-refractivity contribution >= 4 is 29.2 Å². The third kappa shape index (κ3) is 4.75. The van der Waals surface area contributed by atoms with Crippen LogP contribution in [-0.2, 0) is 4.79 Å². The van der Waals surface area contributed by atoms with Crippen molar-refractivity contribution in [1.29, 1.82) is 0 Å². The summed E-state index contributed by atoms with van der Waals surface area (Å²) in [4.78, 5) is 10.9. The summed E-state index contributed by atoms with van der Waals surface area (Å²) in [6.45, 7) is 3.84. The number of hydrogen-bond donors (Lipinski definition) is 1. The molecule has 0 saturated carbocycles. The van der Waals surface area contributed by atoms with Crippen molar-refractivity contribution in [2.24, 2.45) is 5.41 Å². The monoisotopic (exact) mass is 290 g/mol. The number of halogens is 2. The van der Waals surface area contributed by atoms with Gasteiger partial charge in [0.1, 0.15) is 5.75 Å². The van der Waals surface area contributed by atoms with E-state index in [0.29, 0.717) is 35.2 Å². The van der Waals surface area contributed by atoms with Gasteiger partial charge in [-0.1, -0.05) is 23.2 Å². The summed E-state index contributed by atoms with van der Waals surface area (Å²) in [5.74, 6) is -0.200. The second kappa shape index (κ2) is 6.30. The predicted molar refractivity (Wildman–Crippen MR) is 72.6 cm³/mol. The molecule has 0 atom stereocenters. The summed E-state index contributed by atoms with van der Waals surface area (Å²) in [6.07, 6.45) is 1.21. The fourth-order valence-corrected chi connectivity index (χ4v) is 1.93. The Morgan fingerprint density at radius 2 is 1.83 bits per heavy atom. The van der Waals surface area contributed by atoms with E-state index < -0.39 is 11.4 Å². The summed E-state index contributed by atoms with van der Waals surface area (Å²) in [5.41, 5.74) is -0.727. The van der Waals surface area contributed by atoms with Gasteiger partial charge in [0.25, 0.3) is 0 Å². The predicted octanol–water partition coefficient (Wildman–Crippen LogP) is 4.26. The van der Waals surface area contributed by atoms with Gasteiger partial charge in [-0.3, -0.25) is 4.79 Å². The summed E-state index contributed by atoms with van der Waals surface area (Å²) in [5, 5.41) is 9.99. The molecule has 5 heteroatoms.